The second kappa shape index (κ2) is 7.30. The average molecular weight is 529 g/mol. The number of aromatic nitrogens is 2. The van der Waals surface area contributed by atoms with E-state index >= 15 is 17.6 Å². The Kier molecular flexibility index (Phi) is 3.98. The zero-order chi connectivity index (χ0) is 26.9. The summed E-state index contributed by atoms with van der Waals surface area (Å²) in [6, 6.07) is 27.2. The summed E-state index contributed by atoms with van der Waals surface area (Å²) < 4.78 is 66.7. The van der Waals surface area contributed by atoms with Gasteiger partial charge >= 0.3 is 0 Å². The van der Waals surface area contributed by atoms with E-state index in [1.165, 1.54) is 0 Å². The van der Waals surface area contributed by atoms with Crippen LogP contribution in [0.5, 0.6) is 0 Å². The molecular formula is C34H16F4N2. The van der Waals surface area contributed by atoms with Gasteiger partial charge in [-0.2, -0.15) is 0 Å². The number of nitrogens with zero attached hydrogens (tertiary/aromatic N) is 1. The third-order valence-electron chi connectivity index (χ3n) is 8.33. The summed E-state index contributed by atoms with van der Waals surface area (Å²) in [6.45, 7) is 0. The van der Waals surface area contributed by atoms with Crippen LogP contribution in [0.1, 0.15) is 0 Å². The van der Waals surface area contributed by atoms with Crippen LogP contribution in [0.15, 0.2) is 91.0 Å². The van der Waals surface area contributed by atoms with Crippen LogP contribution in [0, 0.1) is 23.3 Å². The number of hydrogen-bond acceptors (Lipinski definition) is 0. The smallest absolute Gasteiger partial charge is 0.169 e. The maximum atomic E-state index is 16.4. The third-order valence-corrected chi connectivity index (χ3v) is 8.33. The summed E-state index contributed by atoms with van der Waals surface area (Å²) in [5.41, 5.74) is 3.03. The second-order valence-electron chi connectivity index (χ2n) is 10.3. The number of rotatable bonds is 1. The van der Waals surface area contributed by atoms with E-state index in [9.17, 15) is 0 Å². The van der Waals surface area contributed by atoms with Crippen LogP contribution in [0.25, 0.3) is 81.6 Å². The number of nitrogens with one attached hydrogen (secondary N) is 1. The Morgan fingerprint density at radius 3 is 1.88 bits per heavy atom. The minimum absolute atomic E-state index is 0.0530. The van der Waals surface area contributed by atoms with Crippen molar-refractivity contribution in [2.75, 3.05) is 0 Å². The highest BCUT2D eigenvalue weighted by Crippen LogP contribution is 2.49. The van der Waals surface area contributed by atoms with Gasteiger partial charge in [-0.15, -0.1) is 0 Å². The fourth-order valence-corrected chi connectivity index (χ4v) is 6.73. The topological polar surface area (TPSA) is 20.7 Å². The molecule has 40 heavy (non-hydrogen) atoms. The molecule has 2 heterocycles. The van der Waals surface area contributed by atoms with Crippen LogP contribution in [-0.4, -0.2) is 9.55 Å². The van der Waals surface area contributed by atoms with Crippen molar-refractivity contribution in [3.8, 4) is 5.69 Å². The lowest BCUT2D eigenvalue weighted by Crippen LogP contribution is -2.00. The molecule has 0 saturated carbocycles. The van der Waals surface area contributed by atoms with Gasteiger partial charge in [-0.05, 0) is 36.4 Å². The zero-order valence-corrected chi connectivity index (χ0v) is 20.6. The monoisotopic (exact) mass is 528 g/mol. The molecule has 6 heteroatoms. The average Bonchev–Trinajstić information content (AvgIpc) is 3.53. The Balaban J connectivity index is 1.63. The number of H-pyrrole nitrogens is 1. The van der Waals surface area contributed by atoms with Gasteiger partial charge in [0, 0.05) is 65.1 Å². The first-order valence-corrected chi connectivity index (χ1v) is 12.9. The van der Waals surface area contributed by atoms with Crippen LogP contribution in [0.3, 0.4) is 0 Å². The van der Waals surface area contributed by atoms with Crippen LogP contribution in [-0.2, 0) is 0 Å². The highest BCUT2D eigenvalue weighted by atomic mass is 19.2. The van der Waals surface area contributed by atoms with Gasteiger partial charge in [0.25, 0.3) is 0 Å². The van der Waals surface area contributed by atoms with Gasteiger partial charge in [-0.25, -0.2) is 17.6 Å². The van der Waals surface area contributed by atoms with E-state index in [2.05, 4.69) is 4.98 Å². The Hall–Kier alpha value is -5.10. The van der Waals surface area contributed by atoms with Gasteiger partial charge < -0.3 is 9.55 Å². The van der Waals surface area contributed by atoms with E-state index in [1.54, 1.807) is 12.1 Å². The lowest BCUT2D eigenvalue weighted by Gasteiger charge is -2.17. The summed E-state index contributed by atoms with van der Waals surface area (Å²) in [7, 11) is 0. The normalized spacial score (nSPS) is 12.5. The zero-order valence-electron chi connectivity index (χ0n) is 20.6. The standard InChI is InChI=1S/C34H16F4N2/c35-30-20-14-19-17-10-4-6-12-22(17)39-34(19)29-27(20)26-21(31(36)33(29)38)15-24-25(28(26)32(30)37)18-11-5-7-13-23(18)40(24)16-8-2-1-3-9-16/h1-15,39H. The molecule has 0 aliphatic rings. The predicted octanol–water partition coefficient (Wildman–Crippen LogP) is 9.87. The summed E-state index contributed by atoms with van der Waals surface area (Å²) >= 11 is 0. The SMILES string of the molecule is Fc1c(F)c2c3c(cc4c2c2ccccc2n4-c2ccccc2)c(F)c(F)c2c4[nH]c5ccccc5c4cc1c23. The molecule has 0 amide bonds. The second-order valence-corrected chi connectivity index (χ2v) is 10.3. The molecule has 190 valence electrons. The van der Waals surface area contributed by atoms with Crippen molar-refractivity contribution >= 4 is 75.9 Å². The van der Waals surface area contributed by atoms with Crippen molar-refractivity contribution in [1.82, 2.24) is 9.55 Å². The molecule has 0 bridgehead atoms. The molecule has 0 radical (unpaired) electrons. The molecule has 2 aromatic heterocycles. The van der Waals surface area contributed by atoms with Crippen molar-refractivity contribution in [3.63, 3.8) is 0 Å². The van der Waals surface area contributed by atoms with Crippen LogP contribution in [0.2, 0.25) is 0 Å². The number of hydrogen-bond donors (Lipinski definition) is 1. The summed E-state index contributed by atoms with van der Waals surface area (Å²) in [4.78, 5) is 3.20. The molecule has 1 N–H and O–H groups in total. The minimum Gasteiger partial charge on any atom is -0.354 e. The van der Waals surface area contributed by atoms with E-state index in [0.29, 0.717) is 32.7 Å². The largest absolute Gasteiger partial charge is 0.354 e. The first-order valence-electron chi connectivity index (χ1n) is 12.9. The third kappa shape index (κ3) is 2.45. The quantitative estimate of drug-likeness (QED) is 0.162. The number of halogens is 4. The van der Waals surface area contributed by atoms with E-state index < -0.39 is 23.3 Å². The number of fused-ring (bicyclic) bond motifs is 8. The van der Waals surface area contributed by atoms with Crippen molar-refractivity contribution in [1.29, 1.82) is 0 Å². The summed E-state index contributed by atoms with van der Waals surface area (Å²) in [5.74, 6) is -4.35. The molecule has 0 aliphatic heterocycles. The highest BCUT2D eigenvalue weighted by Gasteiger charge is 2.29. The summed E-state index contributed by atoms with van der Waals surface area (Å²) in [6.07, 6.45) is 0. The lowest BCUT2D eigenvalue weighted by molar-refractivity contribution is 0.522. The predicted molar refractivity (Wildman–Crippen MR) is 154 cm³/mol. The Labute approximate surface area is 223 Å². The van der Waals surface area contributed by atoms with E-state index in [4.69, 9.17) is 0 Å². The van der Waals surface area contributed by atoms with Crippen molar-refractivity contribution < 1.29 is 17.6 Å². The molecule has 0 atom stereocenters. The molecule has 9 aromatic rings. The van der Waals surface area contributed by atoms with Crippen molar-refractivity contribution in [2.24, 2.45) is 0 Å². The molecule has 9 rings (SSSR count). The molecule has 2 nitrogen and oxygen atoms in total. The molecular weight excluding hydrogens is 512 g/mol. The first kappa shape index (κ1) is 21.8. The Bertz CT molecular complexity index is 2520. The van der Waals surface area contributed by atoms with Crippen LogP contribution < -0.4 is 0 Å². The maximum Gasteiger partial charge on any atom is 0.169 e. The number of aromatic amines is 1. The molecule has 0 fully saturated rings. The Morgan fingerprint density at radius 2 is 1.07 bits per heavy atom. The van der Waals surface area contributed by atoms with Gasteiger partial charge in [-0.1, -0.05) is 54.6 Å². The minimum atomic E-state index is -1.09. The van der Waals surface area contributed by atoms with Gasteiger partial charge in [0.1, 0.15) is 0 Å². The van der Waals surface area contributed by atoms with Crippen molar-refractivity contribution in [2.45, 2.75) is 0 Å². The highest BCUT2D eigenvalue weighted by molar-refractivity contribution is 6.37. The van der Waals surface area contributed by atoms with Gasteiger partial charge in [0.05, 0.1) is 16.6 Å². The maximum absolute atomic E-state index is 16.4. The van der Waals surface area contributed by atoms with Gasteiger partial charge in [0.15, 0.2) is 23.3 Å². The molecule has 0 saturated heterocycles. The van der Waals surface area contributed by atoms with E-state index in [0.717, 1.165) is 16.6 Å². The van der Waals surface area contributed by atoms with Crippen molar-refractivity contribution in [3.05, 3.63) is 114 Å². The molecule has 7 aromatic carbocycles. The van der Waals surface area contributed by atoms with Gasteiger partial charge in [0.2, 0.25) is 0 Å². The lowest BCUT2D eigenvalue weighted by atomic mass is 9.89. The number of para-hydroxylation sites is 3. The number of benzene rings is 7. The first-order chi connectivity index (χ1) is 19.5. The van der Waals surface area contributed by atoms with Gasteiger partial charge in [-0.3, -0.25) is 0 Å². The fourth-order valence-electron chi connectivity index (χ4n) is 6.73. The molecule has 0 aliphatic carbocycles. The van der Waals surface area contributed by atoms with Crippen LogP contribution >= 0.6 is 0 Å². The molecule has 0 unspecified atom stereocenters. The van der Waals surface area contributed by atoms with Crippen LogP contribution in [0.4, 0.5) is 17.6 Å². The Morgan fingerprint density at radius 1 is 0.450 bits per heavy atom. The van der Waals surface area contributed by atoms with E-state index in [1.807, 2.05) is 83.4 Å². The summed E-state index contributed by atoms with van der Waals surface area (Å²) in [5, 5.41) is 2.40. The molecule has 0 spiro atoms. The van der Waals surface area contributed by atoms with E-state index in [-0.39, 0.29) is 32.3 Å². The fraction of sp³-hybridized carbons (Fsp3) is 0.